The number of anilines is 2. The van der Waals surface area contributed by atoms with E-state index in [0.29, 0.717) is 22.8 Å². The van der Waals surface area contributed by atoms with Crippen LogP contribution in [0.2, 0.25) is 5.02 Å². The second kappa shape index (κ2) is 5.73. The molecule has 0 fully saturated rings. The van der Waals surface area contributed by atoms with Crippen LogP contribution < -0.4 is 16.0 Å². The van der Waals surface area contributed by atoms with Gasteiger partial charge >= 0.3 is 0 Å². The molecule has 0 radical (unpaired) electrons. The van der Waals surface area contributed by atoms with Crippen molar-refractivity contribution in [3.63, 3.8) is 0 Å². The number of benzene rings is 1. The molecule has 2 aromatic heterocycles. The molecule has 1 atom stereocenters. The molecular weight excluding hydrogens is 356 g/mol. The van der Waals surface area contributed by atoms with Gasteiger partial charge in [-0.2, -0.15) is 5.26 Å². The number of aromatic nitrogens is 1. The average molecular weight is 370 g/mol. The summed E-state index contributed by atoms with van der Waals surface area (Å²) >= 11 is 7.47. The quantitative estimate of drug-likeness (QED) is 0.686. The second-order valence-electron chi connectivity index (χ2n) is 6.06. The summed E-state index contributed by atoms with van der Waals surface area (Å²) in [5, 5.41) is 13.7. The predicted octanol–water partition coefficient (Wildman–Crippen LogP) is 3.61. The third-order valence-electron chi connectivity index (χ3n) is 4.56. The number of fused-ring (bicyclic) bond motifs is 3. The number of halogens is 1. The number of rotatable bonds is 1. The molecule has 4 rings (SSSR count). The zero-order valence-corrected chi connectivity index (χ0v) is 14.9. The van der Waals surface area contributed by atoms with Crippen molar-refractivity contribution < 1.29 is 9.78 Å². The molecule has 4 N–H and O–H groups in total. The Hall–Kier alpha value is -2.62. The number of nitrogens with one attached hydrogen (secondary N) is 2. The van der Waals surface area contributed by atoms with Gasteiger partial charge in [0.1, 0.15) is 22.2 Å². The van der Waals surface area contributed by atoms with Gasteiger partial charge in [0.25, 0.3) is 5.82 Å². The van der Waals surface area contributed by atoms with Gasteiger partial charge in [0.05, 0.1) is 4.70 Å². The number of pyridine rings is 1. The number of nitriles is 1. The van der Waals surface area contributed by atoms with Gasteiger partial charge in [-0.1, -0.05) is 23.7 Å². The highest BCUT2D eigenvalue weighted by atomic mass is 35.5. The second-order valence-corrected chi connectivity index (χ2v) is 7.51. The Morgan fingerprint density at radius 2 is 2.12 bits per heavy atom. The monoisotopic (exact) mass is 369 g/mol. The van der Waals surface area contributed by atoms with E-state index >= 15 is 0 Å². The number of aromatic amines is 1. The lowest BCUT2D eigenvalue weighted by Gasteiger charge is -2.22. The van der Waals surface area contributed by atoms with E-state index in [4.69, 9.17) is 17.3 Å². The average Bonchev–Trinajstić information content (AvgIpc) is 2.93. The lowest BCUT2D eigenvalue weighted by molar-refractivity contribution is -0.327. The van der Waals surface area contributed by atoms with E-state index in [2.05, 4.69) is 16.4 Å². The van der Waals surface area contributed by atoms with Crippen LogP contribution in [0.1, 0.15) is 34.6 Å². The molecule has 3 heterocycles. The van der Waals surface area contributed by atoms with Crippen LogP contribution in [0.4, 0.5) is 10.8 Å². The first kappa shape index (κ1) is 15.9. The Kier molecular flexibility index (Phi) is 3.64. The molecule has 1 amide bonds. The Morgan fingerprint density at radius 1 is 1.40 bits per heavy atom. The molecule has 7 heteroatoms. The number of hydrogen-bond donors (Lipinski definition) is 2. The number of nitrogens with two attached hydrogens (primary N) is 1. The molecule has 1 aliphatic heterocycles. The van der Waals surface area contributed by atoms with Crippen molar-refractivity contribution in [2.45, 2.75) is 19.3 Å². The van der Waals surface area contributed by atoms with E-state index in [1.165, 1.54) is 11.3 Å². The number of aryl methyl sites for hydroxylation is 1. The molecule has 0 saturated heterocycles. The van der Waals surface area contributed by atoms with Crippen LogP contribution in [-0.2, 0) is 4.79 Å². The first-order valence-electron chi connectivity index (χ1n) is 7.72. The Bertz CT molecular complexity index is 1070. The molecule has 5 nitrogen and oxygen atoms in total. The molecule has 0 bridgehead atoms. The summed E-state index contributed by atoms with van der Waals surface area (Å²) in [6.07, 6.45) is 0.354. The minimum absolute atomic E-state index is 0.0230. The summed E-state index contributed by atoms with van der Waals surface area (Å²) in [5.41, 5.74) is 10.2. The zero-order chi connectivity index (χ0) is 17.7. The molecular formula is C18H14ClN4OS+. The van der Waals surface area contributed by atoms with Crippen LogP contribution in [-0.4, -0.2) is 5.91 Å². The first-order valence-corrected chi connectivity index (χ1v) is 8.92. The molecule has 1 aromatic carbocycles. The van der Waals surface area contributed by atoms with Crippen molar-refractivity contribution >= 4 is 49.9 Å². The molecule has 1 aliphatic rings. The summed E-state index contributed by atoms with van der Waals surface area (Å²) in [7, 11) is 0. The number of nitrogens with zero attached hydrogens (tertiary/aromatic N) is 1. The van der Waals surface area contributed by atoms with Crippen molar-refractivity contribution in [2.75, 3.05) is 11.1 Å². The van der Waals surface area contributed by atoms with Crippen LogP contribution in [0.3, 0.4) is 0 Å². The molecule has 0 aliphatic carbocycles. The maximum absolute atomic E-state index is 12.2. The number of H-pyrrole nitrogens is 1. The van der Waals surface area contributed by atoms with Gasteiger partial charge in [0.15, 0.2) is 0 Å². The predicted molar refractivity (Wildman–Crippen MR) is 98.8 cm³/mol. The third kappa shape index (κ3) is 2.44. The highest BCUT2D eigenvalue weighted by molar-refractivity contribution is 7.23. The number of nitrogen functional groups attached to an aromatic ring is 1. The third-order valence-corrected chi connectivity index (χ3v) is 6.06. The minimum Gasteiger partial charge on any atom is -0.317 e. The van der Waals surface area contributed by atoms with E-state index in [9.17, 15) is 10.1 Å². The van der Waals surface area contributed by atoms with Gasteiger partial charge in [0.2, 0.25) is 5.91 Å². The van der Waals surface area contributed by atoms with E-state index in [0.717, 1.165) is 31.9 Å². The van der Waals surface area contributed by atoms with Crippen LogP contribution >= 0.6 is 22.9 Å². The molecule has 0 spiro atoms. The number of carbonyl (C=O) groups is 1. The highest BCUT2D eigenvalue weighted by Crippen LogP contribution is 2.46. The smallest absolute Gasteiger partial charge is 0.289 e. The van der Waals surface area contributed by atoms with E-state index in [1.54, 1.807) is 0 Å². The Labute approximate surface area is 153 Å². The zero-order valence-electron chi connectivity index (χ0n) is 13.3. The van der Waals surface area contributed by atoms with Crippen molar-refractivity contribution in [1.29, 1.82) is 5.26 Å². The fourth-order valence-electron chi connectivity index (χ4n) is 3.36. The molecule has 124 valence electrons. The molecule has 3 aromatic rings. The lowest BCUT2D eigenvalue weighted by Crippen LogP contribution is -2.24. The van der Waals surface area contributed by atoms with Crippen molar-refractivity contribution in [1.82, 2.24) is 0 Å². The molecule has 25 heavy (non-hydrogen) atoms. The van der Waals surface area contributed by atoms with Crippen molar-refractivity contribution in [3.05, 3.63) is 51.5 Å². The highest BCUT2D eigenvalue weighted by Gasteiger charge is 2.33. The number of amides is 1. The fourth-order valence-corrected chi connectivity index (χ4v) is 4.73. The molecule has 0 saturated carbocycles. The summed E-state index contributed by atoms with van der Waals surface area (Å²) < 4.78 is 0.942. The molecule has 0 unspecified atom stereocenters. The van der Waals surface area contributed by atoms with Crippen LogP contribution in [0.5, 0.6) is 0 Å². The number of thiophene rings is 1. The SMILES string of the molecule is Cc1c(C#N)c(N)[nH+]c2c3c(sc12)NC(=O)C[C@H]3c1ccc(Cl)cc1. The maximum Gasteiger partial charge on any atom is 0.289 e. The first-order chi connectivity index (χ1) is 12.0. The minimum atomic E-state index is -0.0854. The Balaban J connectivity index is 2.00. The lowest BCUT2D eigenvalue weighted by atomic mass is 9.86. The van der Waals surface area contributed by atoms with Gasteiger partial charge in [0, 0.05) is 22.9 Å². The van der Waals surface area contributed by atoms with Crippen molar-refractivity contribution in [3.8, 4) is 6.07 Å². The summed E-state index contributed by atoms with van der Waals surface area (Å²) in [6, 6.07) is 9.68. The van der Waals surface area contributed by atoms with E-state index in [-0.39, 0.29) is 11.8 Å². The number of hydrogen-bond acceptors (Lipinski definition) is 4. The Morgan fingerprint density at radius 3 is 2.80 bits per heavy atom. The topological polar surface area (TPSA) is 93.1 Å². The van der Waals surface area contributed by atoms with Crippen LogP contribution in [0.15, 0.2) is 24.3 Å². The maximum atomic E-state index is 12.2. The van der Waals surface area contributed by atoms with Crippen LogP contribution in [0, 0.1) is 18.3 Å². The van der Waals surface area contributed by atoms with Gasteiger partial charge in [-0.3, -0.25) is 10.5 Å². The summed E-state index contributed by atoms with van der Waals surface area (Å²) in [6.45, 7) is 1.88. The summed E-state index contributed by atoms with van der Waals surface area (Å²) in [4.78, 5) is 15.4. The van der Waals surface area contributed by atoms with E-state index < -0.39 is 0 Å². The standard InChI is InChI=1S/C18H13ClN4OS/c1-8-12(7-20)17(21)23-15-14-11(9-2-4-10(19)5-3-9)6-13(24)22-18(14)25-16(8)15/h2-5,11H,6H2,1H3,(H2,21,23)(H,22,24)/p+1/t11-/m0/s1. The number of carbonyl (C=O) groups excluding carboxylic acids is 1. The normalized spacial score (nSPS) is 16.4. The van der Waals surface area contributed by atoms with Gasteiger partial charge in [-0.15, -0.1) is 11.3 Å². The van der Waals surface area contributed by atoms with Crippen LogP contribution in [0.25, 0.3) is 10.2 Å². The largest absolute Gasteiger partial charge is 0.317 e. The van der Waals surface area contributed by atoms with Crippen molar-refractivity contribution in [2.24, 2.45) is 0 Å². The van der Waals surface area contributed by atoms with Gasteiger partial charge < -0.3 is 5.32 Å². The van der Waals surface area contributed by atoms with Gasteiger partial charge in [-0.25, -0.2) is 4.98 Å². The summed E-state index contributed by atoms with van der Waals surface area (Å²) in [5.74, 6) is 0.239. The fraction of sp³-hybridized carbons (Fsp3) is 0.167. The van der Waals surface area contributed by atoms with Gasteiger partial charge in [-0.05, 0) is 30.2 Å². The van der Waals surface area contributed by atoms with E-state index in [1.807, 2.05) is 31.2 Å².